The minimum atomic E-state index is -0.691. The minimum absolute atomic E-state index is 0.308. The van der Waals surface area contributed by atoms with Crippen molar-refractivity contribution in [1.82, 2.24) is 5.32 Å². The standard InChI is InChI=1S/C9H17NO2/c1-2-10-8(9(11)12)7-5-3-4-6-7/h7-8,10H,2-6H2,1H3,(H,11,12). The zero-order valence-corrected chi connectivity index (χ0v) is 7.55. The van der Waals surface area contributed by atoms with Crippen LogP contribution in [0.1, 0.15) is 32.6 Å². The second-order valence-corrected chi connectivity index (χ2v) is 3.42. The van der Waals surface area contributed by atoms with Crippen molar-refractivity contribution in [3.8, 4) is 0 Å². The average Bonchev–Trinajstić information content (AvgIpc) is 2.51. The van der Waals surface area contributed by atoms with E-state index in [-0.39, 0.29) is 6.04 Å². The Morgan fingerprint density at radius 3 is 2.58 bits per heavy atom. The molecule has 0 heterocycles. The Kier molecular flexibility index (Phi) is 3.53. The third-order valence-electron chi connectivity index (χ3n) is 2.56. The number of likely N-dealkylation sites (N-methyl/N-ethyl adjacent to an activating group) is 1. The smallest absolute Gasteiger partial charge is 0.320 e. The Balaban J connectivity index is 2.45. The lowest BCUT2D eigenvalue weighted by Gasteiger charge is -2.19. The van der Waals surface area contributed by atoms with Gasteiger partial charge >= 0.3 is 5.97 Å². The lowest BCUT2D eigenvalue weighted by atomic mass is 9.98. The van der Waals surface area contributed by atoms with Gasteiger partial charge in [-0.15, -0.1) is 0 Å². The number of aliphatic carboxylic acids is 1. The third-order valence-corrected chi connectivity index (χ3v) is 2.56. The maximum absolute atomic E-state index is 10.8. The normalized spacial score (nSPS) is 21.1. The summed E-state index contributed by atoms with van der Waals surface area (Å²) in [7, 11) is 0. The number of carboxylic acid groups (broad SMARTS) is 1. The number of carboxylic acids is 1. The summed E-state index contributed by atoms with van der Waals surface area (Å²) in [6.45, 7) is 2.69. The number of hydrogen-bond donors (Lipinski definition) is 2. The molecule has 1 fully saturated rings. The van der Waals surface area contributed by atoms with E-state index in [0.717, 1.165) is 19.4 Å². The molecule has 1 rings (SSSR count). The van der Waals surface area contributed by atoms with E-state index in [4.69, 9.17) is 5.11 Å². The largest absolute Gasteiger partial charge is 0.480 e. The topological polar surface area (TPSA) is 49.3 Å². The highest BCUT2D eigenvalue weighted by atomic mass is 16.4. The minimum Gasteiger partial charge on any atom is -0.480 e. The molecule has 2 N–H and O–H groups in total. The van der Waals surface area contributed by atoms with E-state index in [1.165, 1.54) is 12.8 Å². The van der Waals surface area contributed by atoms with Gasteiger partial charge in [-0.05, 0) is 25.3 Å². The molecule has 1 atom stereocenters. The van der Waals surface area contributed by atoms with Crippen molar-refractivity contribution >= 4 is 5.97 Å². The summed E-state index contributed by atoms with van der Waals surface area (Å²) < 4.78 is 0. The molecule has 0 bridgehead atoms. The van der Waals surface area contributed by atoms with E-state index in [1.807, 2.05) is 6.92 Å². The molecular formula is C9H17NO2. The van der Waals surface area contributed by atoms with Gasteiger partial charge < -0.3 is 10.4 Å². The van der Waals surface area contributed by atoms with Gasteiger partial charge in [0.05, 0.1) is 0 Å². The Bertz CT molecular complexity index is 153. The molecule has 0 amide bonds. The summed E-state index contributed by atoms with van der Waals surface area (Å²) in [6.07, 6.45) is 4.54. The number of carbonyl (C=O) groups is 1. The van der Waals surface area contributed by atoms with Crippen LogP contribution in [-0.4, -0.2) is 23.7 Å². The molecule has 0 aromatic heterocycles. The monoisotopic (exact) mass is 171 g/mol. The van der Waals surface area contributed by atoms with Crippen molar-refractivity contribution in [1.29, 1.82) is 0 Å². The van der Waals surface area contributed by atoms with E-state index < -0.39 is 5.97 Å². The van der Waals surface area contributed by atoms with Crippen LogP contribution in [-0.2, 0) is 4.79 Å². The molecule has 0 aromatic rings. The SMILES string of the molecule is CCNC(C(=O)O)C1CCCC1. The van der Waals surface area contributed by atoms with Crippen molar-refractivity contribution in [3.05, 3.63) is 0 Å². The van der Waals surface area contributed by atoms with E-state index in [0.29, 0.717) is 5.92 Å². The Morgan fingerprint density at radius 2 is 2.17 bits per heavy atom. The molecule has 0 spiro atoms. The molecule has 1 aliphatic carbocycles. The zero-order chi connectivity index (χ0) is 8.97. The molecule has 1 unspecified atom stereocenters. The van der Waals surface area contributed by atoms with Crippen LogP contribution in [0.15, 0.2) is 0 Å². The van der Waals surface area contributed by atoms with E-state index in [9.17, 15) is 4.79 Å². The highest BCUT2D eigenvalue weighted by molar-refractivity contribution is 5.73. The van der Waals surface area contributed by atoms with Crippen LogP contribution < -0.4 is 5.32 Å². The van der Waals surface area contributed by atoms with Crippen molar-refractivity contribution in [2.75, 3.05) is 6.54 Å². The summed E-state index contributed by atoms with van der Waals surface area (Å²) in [6, 6.07) is -0.308. The highest BCUT2D eigenvalue weighted by Crippen LogP contribution is 2.27. The summed E-state index contributed by atoms with van der Waals surface area (Å²) in [5.74, 6) is -0.328. The van der Waals surface area contributed by atoms with E-state index >= 15 is 0 Å². The first kappa shape index (κ1) is 9.52. The van der Waals surface area contributed by atoms with Gasteiger partial charge in [-0.1, -0.05) is 19.8 Å². The van der Waals surface area contributed by atoms with Crippen LogP contribution >= 0.6 is 0 Å². The maximum atomic E-state index is 10.8. The Morgan fingerprint density at radius 1 is 1.58 bits per heavy atom. The summed E-state index contributed by atoms with van der Waals surface area (Å²) >= 11 is 0. The maximum Gasteiger partial charge on any atom is 0.320 e. The highest BCUT2D eigenvalue weighted by Gasteiger charge is 2.29. The average molecular weight is 171 g/mol. The molecule has 1 aliphatic rings. The fourth-order valence-electron chi connectivity index (χ4n) is 1.97. The van der Waals surface area contributed by atoms with Crippen molar-refractivity contribution in [3.63, 3.8) is 0 Å². The van der Waals surface area contributed by atoms with Gasteiger partial charge in [-0.2, -0.15) is 0 Å². The van der Waals surface area contributed by atoms with Crippen LogP contribution in [0.4, 0.5) is 0 Å². The molecule has 0 aliphatic heterocycles. The van der Waals surface area contributed by atoms with Crippen LogP contribution in [0.2, 0.25) is 0 Å². The van der Waals surface area contributed by atoms with Gasteiger partial charge in [0, 0.05) is 0 Å². The van der Waals surface area contributed by atoms with E-state index in [2.05, 4.69) is 5.32 Å². The predicted molar refractivity (Wildman–Crippen MR) is 47.1 cm³/mol. The Hall–Kier alpha value is -0.570. The molecule has 0 aromatic carbocycles. The van der Waals surface area contributed by atoms with Crippen LogP contribution in [0.5, 0.6) is 0 Å². The quantitative estimate of drug-likeness (QED) is 0.669. The number of nitrogens with one attached hydrogen (secondary N) is 1. The first-order valence-corrected chi connectivity index (χ1v) is 4.72. The fraction of sp³-hybridized carbons (Fsp3) is 0.889. The second kappa shape index (κ2) is 4.45. The van der Waals surface area contributed by atoms with Gasteiger partial charge in [0.25, 0.3) is 0 Å². The second-order valence-electron chi connectivity index (χ2n) is 3.42. The van der Waals surface area contributed by atoms with Crippen molar-refractivity contribution in [2.24, 2.45) is 5.92 Å². The Labute approximate surface area is 73.2 Å². The number of rotatable bonds is 4. The third kappa shape index (κ3) is 2.21. The summed E-state index contributed by atoms with van der Waals surface area (Å²) in [5.41, 5.74) is 0. The lowest BCUT2D eigenvalue weighted by Crippen LogP contribution is -2.41. The molecular weight excluding hydrogens is 154 g/mol. The van der Waals surface area contributed by atoms with E-state index in [1.54, 1.807) is 0 Å². The molecule has 3 nitrogen and oxygen atoms in total. The molecule has 12 heavy (non-hydrogen) atoms. The molecule has 0 saturated heterocycles. The lowest BCUT2D eigenvalue weighted by molar-refractivity contribution is -0.140. The first-order chi connectivity index (χ1) is 5.75. The molecule has 70 valence electrons. The summed E-state index contributed by atoms with van der Waals surface area (Å²) in [4.78, 5) is 10.8. The van der Waals surface area contributed by atoms with Gasteiger partial charge in [-0.3, -0.25) is 4.79 Å². The number of hydrogen-bond acceptors (Lipinski definition) is 2. The molecule has 1 saturated carbocycles. The van der Waals surface area contributed by atoms with Gasteiger partial charge in [0.2, 0.25) is 0 Å². The first-order valence-electron chi connectivity index (χ1n) is 4.72. The van der Waals surface area contributed by atoms with Gasteiger partial charge in [0.1, 0.15) is 6.04 Å². The van der Waals surface area contributed by atoms with Crippen LogP contribution in [0.3, 0.4) is 0 Å². The molecule has 0 radical (unpaired) electrons. The van der Waals surface area contributed by atoms with Crippen LogP contribution in [0, 0.1) is 5.92 Å². The van der Waals surface area contributed by atoms with Crippen molar-refractivity contribution in [2.45, 2.75) is 38.6 Å². The predicted octanol–water partition coefficient (Wildman–Crippen LogP) is 1.24. The molecule has 3 heteroatoms. The van der Waals surface area contributed by atoms with Gasteiger partial charge in [0.15, 0.2) is 0 Å². The van der Waals surface area contributed by atoms with Crippen LogP contribution in [0.25, 0.3) is 0 Å². The zero-order valence-electron chi connectivity index (χ0n) is 7.55. The van der Waals surface area contributed by atoms with Gasteiger partial charge in [-0.25, -0.2) is 0 Å². The van der Waals surface area contributed by atoms with Crippen molar-refractivity contribution < 1.29 is 9.90 Å². The summed E-state index contributed by atoms with van der Waals surface area (Å²) in [5, 5.41) is 11.9. The fourth-order valence-corrected chi connectivity index (χ4v) is 1.97.